The van der Waals surface area contributed by atoms with Crippen LogP contribution in [0.3, 0.4) is 0 Å². The third-order valence-electron chi connectivity index (χ3n) is 1.46. The number of nitrogens with zero attached hydrogens (tertiary/aromatic N) is 3. The van der Waals surface area contributed by atoms with Crippen LogP contribution in [-0.4, -0.2) is 15.0 Å². The summed E-state index contributed by atoms with van der Waals surface area (Å²) in [6.45, 7) is 1.98. The molecular weight excluding hydrogens is 170 g/mol. The van der Waals surface area contributed by atoms with E-state index < -0.39 is 0 Å². The fraction of sp³-hybridized carbons (Fsp3) is 0.125. The summed E-state index contributed by atoms with van der Waals surface area (Å²) < 4.78 is 0. The molecule has 0 saturated carbocycles. The molecule has 0 aromatic carbocycles. The minimum Gasteiger partial charge on any atom is -0.245 e. The Balaban J connectivity index is 2.45. The maximum absolute atomic E-state index is 4.31. The van der Waals surface area contributed by atoms with E-state index in [0.717, 1.165) is 16.4 Å². The van der Waals surface area contributed by atoms with Gasteiger partial charge >= 0.3 is 0 Å². The zero-order chi connectivity index (χ0) is 8.39. The van der Waals surface area contributed by atoms with Crippen molar-refractivity contribution >= 4 is 11.3 Å². The van der Waals surface area contributed by atoms with E-state index in [2.05, 4.69) is 15.0 Å². The SMILES string of the molecule is Cc1nc(-c2ccncn2)cs1. The maximum atomic E-state index is 4.31. The molecule has 2 aromatic heterocycles. The second-order valence-electron chi connectivity index (χ2n) is 2.35. The average molecular weight is 177 g/mol. The van der Waals surface area contributed by atoms with Crippen LogP contribution in [-0.2, 0) is 0 Å². The minimum atomic E-state index is 0.884. The Hall–Kier alpha value is -1.29. The fourth-order valence-electron chi connectivity index (χ4n) is 0.923. The Morgan fingerprint density at radius 1 is 1.33 bits per heavy atom. The molecule has 0 amide bonds. The monoisotopic (exact) mass is 177 g/mol. The summed E-state index contributed by atoms with van der Waals surface area (Å²) in [6.07, 6.45) is 3.25. The molecule has 0 unspecified atom stereocenters. The van der Waals surface area contributed by atoms with Gasteiger partial charge in [-0.3, -0.25) is 0 Å². The van der Waals surface area contributed by atoms with Crippen molar-refractivity contribution in [1.82, 2.24) is 15.0 Å². The molecule has 2 heterocycles. The Bertz CT molecular complexity index is 369. The molecule has 0 bridgehead atoms. The highest BCUT2D eigenvalue weighted by molar-refractivity contribution is 7.09. The van der Waals surface area contributed by atoms with Crippen LogP contribution in [0.25, 0.3) is 11.4 Å². The van der Waals surface area contributed by atoms with Crippen molar-refractivity contribution in [2.45, 2.75) is 6.92 Å². The number of hydrogen-bond donors (Lipinski definition) is 0. The van der Waals surface area contributed by atoms with Crippen LogP contribution in [0, 0.1) is 6.92 Å². The summed E-state index contributed by atoms with van der Waals surface area (Å²) in [4.78, 5) is 12.2. The van der Waals surface area contributed by atoms with E-state index in [-0.39, 0.29) is 0 Å². The molecule has 3 nitrogen and oxygen atoms in total. The van der Waals surface area contributed by atoms with Gasteiger partial charge in [0.15, 0.2) is 0 Å². The molecule has 0 atom stereocenters. The largest absolute Gasteiger partial charge is 0.245 e. The first kappa shape index (κ1) is 7.36. The first-order chi connectivity index (χ1) is 5.86. The summed E-state index contributed by atoms with van der Waals surface area (Å²) >= 11 is 1.63. The standard InChI is InChI=1S/C8H7N3S/c1-6-11-8(4-12-6)7-2-3-9-5-10-7/h2-5H,1H3. The molecular formula is C8H7N3S. The van der Waals surface area contributed by atoms with Crippen LogP contribution in [0.15, 0.2) is 24.0 Å². The Kier molecular flexibility index (Phi) is 1.83. The third-order valence-corrected chi connectivity index (χ3v) is 2.24. The quantitative estimate of drug-likeness (QED) is 0.667. The molecule has 0 N–H and O–H groups in total. The van der Waals surface area contributed by atoms with E-state index in [4.69, 9.17) is 0 Å². The van der Waals surface area contributed by atoms with E-state index in [1.165, 1.54) is 6.33 Å². The van der Waals surface area contributed by atoms with Crippen LogP contribution in [0.4, 0.5) is 0 Å². The number of aryl methyl sites for hydroxylation is 1. The Morgan fingerprint density at radius 3 is 2.83 bits per heavy atom. The summed E-state index contributed by atoms with van der Waals surface area (Å²) in [7, 11) is 0. The molecule has 0 aliphatic rings. The summed E-state index contributed by atoms with van der Waals surface area (Å²) in [5.74, 6) is 0. The lowest BCUT2D eigenvalue weighted by molar-refractivity contribution is 1.15. The van der Waals surface area contributed by atoms with Gasteiger partial charge in [-0.05, 0) is 13.0 Å². The van der Waals surface area contributed by atoms with Crippen molar-refractivity contribution in [3.05, 3.63) is 29.0 Å². The van der Waals surface area contributed by atoms with Crippen molar-refractivity contribution < 1.29 is 0 Å². The minimum absolute atomic E-state index is 0.884. The highest BCUT2D eigenvalue weighted by Gasteiger charge is 2.01. The highest BCUT2D eigenvalue weighted by atomic mass is 32.1. The lowest BCUT2D eigenvalue weighted by Crippen LogP contribution is -1.83. The highest BCUT2D eigenvalue weighted by Crippen LogP contribution is 2.17. The lowest BCUT2D eigenvalue weighted by atomic mass is 10.3. The van der Waals surface area contributed by atoms with Crippen LogP contribution in [0.2, 0.25) is 0 Å². The van der Waals surface area contributed by atoms with Gasteiger partial charge < -0.3 is 0 Å². The summed E-state index contributed by atoms with van der Waals surface area (Å²) in [5, 5.41) is 3.06. The predicted molar refractivity (Wildman–Crippen MR) is 47.9 cm³/mol. The predicted octanol–water partition coefficient (Wildman–Crippen LogP) is 1.91. The third kappa shape index (κ3) is 1.33. The normalized spacial score (nSPS) is 10.1. The first-order valence-electron chi connectivity index (χ1n) is 3.55. The lowest BCUT2D eigenvalue weighted by Gasteiger charge is -1.91. The van der Waals surface area contributed by atoms with Gasteiger partial charge in [0, 0.05) is 11.6 Å². The van der Waals surface area contributed by atoms with Gasteiger partial charge in [-0.25, -0.2) is 15.0 Å². The topological polar surface area (TPSA) is 38.7 Å². The molecule has 60 valence electrons. The first-order valence-corrected chi connectivity index (χ1v) is 4.43. The summed E-state index contributed by atoms with van der Waals surface area (Å²) in [6, 6.07) is 1.86. The summed E-state index contributed by atoms with van der Waals surface area (Å²) in [5.41, 5.74) is 1.81. The smallest absolute Gasteiger partial charge is 0.116 e. The van der Waals surface area contributed by atoms with Crippen LogP contribution >= 0.6 is 11.3 Å². The van der Waals surface area contributed by atoms with Crippen molar-refractivity contribution in [1.29, 1.82) is 0 Å². The molecule has 0 spiro atoms. The molecule has 0 aliphatic carbocycles. The molecule has 4 heteroatoms. The van der Waals surface area contributed by atoms with Gasteiger partial charge in [0.05, 0.1) is 16.4 Å². The van der Waals surface area contributed by atoms with E-state index >= 15 is 0 Å². The number of hydrogen-bond acceptors (Lipinski definition) is 4. The Labute approximate surface area is 74.2 Å². The molecule has 12 heavy (non-hydrogen) atoms. The zero-order valence-electron chi connectivity index (χ0n) is 6.56. The van der Waals surface area contributed by atoms with Crippen molar-refractivity contribution in [3.8, 4) is 11.4 Å². The molecule has 0 radical (unpaired) electrons. The van der Waals surface area contributed by atoms with Gasteiger partial charge in [-0.15, -0.1) is 11.3 Å². The Morgan fingerprint density at radius 2 is 2.25 bits per heavy atom. The molecule has 0 aliphatic heterocycles. The van der Waals surface area contributed by atoms with E-state index in [1.54, 1.807) is 17.5 Å². The van der Waals surface area contributed by atoms with Gasteiger partial charge in [-0.1, -0.05) is 0 Å². The number of aromatic nitrogens is 3. The van der Waals surface area contributed by atoms with E-state index in [9.17, 15) is 0 Å². The van der Waals surface area contributed by atoms with E-state index in [0.29, 0.717) is 0 Å². The number of rotatable bonds is 1. The fourth-order valence-corrected chi connectivity index (χ4v) is 1.53. The molecule has 2 aromatic rings. The van der Waals surface area contributed by atoms with Gasteiger partial charge in [0.1, 0.15) is 6.33 Å². The molecule has 0 saturated heterocycles. The van der Waals surface area contributed by atoms with Gasteiger partial charge in [-0.2, -0.15) is 0 Å². The van der Waals surface area contributed by atoms with Crippen molar-refractivity contribution in [2.75, 3.05) is 0 Å². The average Bonchev–Trinajstić information content (AvgIpc) is 2.54. The van der Waals surface area contributed by atoms with Crippen LogP contribution in [0.1, 0.15) is 5.01 Å². The zero-order valence-corrected chi connectivity index (χ0v) is 7.38. The van der Waals surface area contributed by atoms with Gasteiger partial charge in [0.2, 0.25) is 0 Å². The molecule has 2 rings (SSSR count). The number of thiazole rings is 1. The van der Waals surface area contributed by atoms with Crippen molar-refractivity contribution in [2.24, 2.45) is 0 Å². The van der Waals surface area contributed by atoms with Crippen LogP contribution < -0.4 is 0 Å². The second-order valence-corrected chi connectivity index (χ2v) is 3.41. The second kappa shape index (κ2) is 2.98. The maximum Gasteiger partial charge on any atom is 0.116 e. The van der Waals surface area contributed by atoms with E-state index in [1.807, 2.05) is 18.4 Å². The molecule has 0 fully saturated rings. The van der Waals surface area contributed by atoms with Crippen LogP contribution in [0.5, 0.6) is 0 Å². The van der Waals surface area contributed by atoms with Gasteiger partial charge in [0.25, 0.3) is 0 Å². The van der Waals surface area contributed by atoms with Crippen molar-refractivity contribution in [3.63, 3.8) is 0 Å².